The number of aromatic nitrogens is 1. The van der Waals surface area contributed by atoms with Crippen molar-refractivity contribution in [2.75, 3.05) is 0 Å². The second kappa shape index (κ2) is 5.82. The Bertz CT molecular complexity index is 653. The predicted octanol–water partition coefficient (Wildman–Crippen LogP) is 3.46. The molecular formula is C16H19NO3. The first-order valence-electron chi connectivity index (χ1n) is 6.62. The molecule has 0 unspecified atom stereocenters. The fraction of sp³-hybridized carbons (Fsp3) is 0.312. The average Bonchev–Trinajstić information content (AvgIpc) is 2.72. The number of carboxylic acid groups (broad SMARTS) is 1. The second-order valence-corrected chi connectivity index (χ2v) is 5.13. The summed E-state index contributed by atoms with van der Waals surface area (Å²) in [4.78, 5) is 10.7. The lowest BCUT2D eigenvalue weighted by atomic mass is 10.2. The monoisotopic (exact) mass is 273 g/mol. The Morgan fingerprint density at radius 3 is 2.80 bits per heavy atom. The number of rotatable bonds is 5. The molecule has 2 rings (SSSR count). The molecule has 0 radical (unpaired) electrons. The van der Waals surface area contributed by atoms with E-state index in [2.05, 4.69) is 0 Å². The molecule has 0 saturated heterocycles. The van der Waals surface area contributed by atoms with E-state index in [9.17, 15) is 4.79 Å². The zero-order chi connectivity index (χ0) is 14.7. The summed E-state index contributed by atoms with van der Waals surface area (Å²) in [5, 5.41) is 9.81. The second-order valence-electron chi connectivity index (χ2n) is 5.13. The number of hydrogen-bond acceptors (Lipinski definition) is 2. The predicted molar refractivity (Wildman–Crippen MR) is 79.1 cm³/mol. The number of benzene rings is 1. The van der Waals surface area contributed by atoms with Gasteiger partial charge in [-0.25, -0.2) is 4.79 Å². The van der Waals surface area contributed by atoms with Gasteiger partial charge in [-0.05, 0) is 44.5 Å². The zero-order valence-electron chi connectivity index (χ0n) is 12.0. The number of hydrogen-bond donors (Lipinski definition) is 1. The summed E-state index contributed by atoms with van der Waals surface area (Å²) in [6.45, 7) is 6.36. The number of fused-ring (bicyclic) bond motifs is 1. The van der Waals surface area contributed by atoms with Gasteiger partial charge in [-0.2, -0.15) is 0 Å². The molecule has 0 aliphatic heterocycles. The van der Waals surface area contributed by atoms with Gasteiger partial charge in [0, 0.05) is 24.2 Å². The van der Waals surface area contributed by atoms with Crippen LogP contribution in [-0.2, 0) is 11.3 Å². The van der Waals surface area contributed by atoms with Gasteiger partial charge in [0.2, 0.25) is 0 Å². The van der Waals surface area contributed by atoms with E-state index in [0.29, 0.717) is 6.54 Å². The Morgan fingerprint density at radius 1 is 1.40 bits per heavy atom. The van der Waals surface area contributed by atoms with Gasteiger partial charge in [-0.3, -0.25) is 0 Å². The Hall–Kier alpha value is -2.23. The summed E-state index contributed by atoms with van der Waals surface area (Å²) in [5.41, 5.74) is 1.84. The minimum absolute atomic E-state index is 0.123. The summed E-state index contributed by atoms with van der Waals surface area (Å²) in [7, 11) is 0. The Morgan fingerprint density at radius 2 is 2.15 bits per heavy atom. The van der Waals surface area contributed by atoms with Crippen molar-refractivity contribution in [2.45, 2.75) is 33.4 Å². The fourth-order valence-corrected chi connectivity index (χ4v) is 2.21. The van der Waals surface area contributed by atoms with Gasteiger partial charge in [-0.15, -0.1) is 0 Å². The normalized spacial score (nSPS) is 12.1. The number of carbonyl (C=O) groups is 1. The standard InChI is InChI=1S/C16H19NO3/c1-11(2)20-15-6-4-5-14-13(15)7-8-17(14)10-12(3)9-16(18)19/h4-9,11H,10H2,1-3H3,(H,18,19)/b12-9+. The van der Waals surface area contributed by atoms with Crippen LogP contribution in [0, 0.1) is 0 Å². The van der Waals surface area contributed by atoms with Gasteiger partial charge < -0.3 is 14.4 Å². The van der Waals surface area contributed by atoms with Crippen LogP contribution in [-0.4, -0.2) is 21.7 Å². The quantitative estimate of drug-likeness (QED) is 0.849. The summed E-state index contributed by atoms with van der Waals surface area (Å²) < 4.78 is 7.81. The third-order valence-electron chi connectivity index (χ3n) is 2.93. The minimum Gasteiger partial charge on any atom is -0.490 e. The summed E-state index contributed by atoms with van der Waals surface area (Å²) >= 11 is 0. The van der Waals surface area contributed by atoms with Crippen LogP contribution in [0.3, 0.4) is 0 Å². The average molecular weight is 273 g/mol. The van der Waals surface area contributed by atoms with Crippen LogP contribution < -0.4 is 4.74 Å². The van der Waals surface area contributed by atoms with Gasteiger partial charge in [0.1, 0.15) is 5.75 Å². The first-order valence-corrected chi connectivity index (χ1v) is 6.62. The molecule has 20 heavy (non-hydrogen) atoms. The molecule has 0 saturated carbocycles. The van der Waals surface area contributed by atoms with Gasteiger partial charge in [0.05, 0.1) is 11.6 Å². The number of carboxylic acids is 1. The third-order valence-corrected chi connectivity index (χ3v) is 2.93. The molecule has 1 aromatic heterocycles. The van der Waals surface area contributed by atoms with Crippen LogP contribution in [0.15, 0.2) is 42.1 Å². The zero-order valence-corrected chi connectivity index (χ0v) is 12.0. The molecule has 2 aromatic rings. The molecule has 106 valence electrons. The Kier molecular flexibility index (Phi) is 4.13. The SMILES string of the molecule is C/C(=C\C(=O)O)Cn1ccc2c(OC(C)C)cccc21. The largest absolute Gasteiger partial charge is 0.490 e. The van der Waals surface area contributed by atoms with Crippen molar-refractivity contribution in [2.24, 2.45) is 0 Å². The van der Waals surface area contributed by atoms with E-state index in [1.807, 2.05) is 55.8 Å². The molecule has 0 fully saturated rings. The molecule has 1 N–H and O–H groups in total. The molecule has 0 atom stereocenters. The maximum absolute atomic E-state index is 10.7. The molecule has 4 heteroatoms. The van der Waals surface area contributed by atoms with Gasteiger partial charge in [-0.1, -0.05) is 6.07 Å². The highest BCUT2D eigenvalue weighted by Crippen LogP contribution is 2.27. The van der Waals surface area contributed by atoms with Crippen molar-refractivity contribution in [3.63, 3.8) is 0 Å². The lowest BCUT2D eigenvalue weighted by Gasteiger charge is -2.11. The molecule has 1 heterocycles. The van der Waals surface area contributed by atoms with Crippen LogP contribution in [0.4, 0.5) is 0 Å². The van der Waals surface area contributed by atoms with Crippen LogP contribution in [0.25, 0.3) is 10.9 Å². The lowest BCUT2D eigenvalue weighted by molar-refractivity contribution is -0.131. The highest BCUT2D eigenvalue weighted by molar-refractivity contribution is 5.86. The lowest BCUT2D eigenvalue weighted by Crippen LogP contribution is -2.05. The van der Waals surface area contributed by atoms with Crippen molar-refractivity contribution < 1.29 is 14.6 Å². The van der Waals surface area contributed by atoms with E-state index in [4.69, 9.17) is 9.84 Å². The summed E-state index contributed by atoms with van der Waals surface area (Å²) in [6, 6.07) is 7.91. The number of ether oxygens (including phenoxy) is 1. The number of aliphatic carboxylic acids is 1. The van der Waals surface area contributed by atoms with E-state index in [-0.39, 0.29) is 6.10 Å². The molecule has 0 aliphatic rings. The third kappa shape index (κ3) is 3.20. The Labute approximate surface area is 118 Å². The van der Waals surface area contributed by atoms with Gasteiger partial charge >= 0.3 is 5.97 Å². The van der Waals surface area contributed by atoms with Crippen LogP contribution in [0.5, 0.6) is 5.75 Å². The summed E-state index contributed by atoms with van der Waals surface area (Å²) in [5.74, 6) is -0.0566. The smallest absolute Gasteiger partial charge is 0.328 e. The first kappa shape index (κ1) is 14.2. The highest BCUT2D eigenvalue weighted by Gasteiger charge is 2.08. The van der Waals surface area contributed by atoms with Crippen molar-refractivity contribution in [1.82, 2.24) is 4.57 Å². The minimum atomic E-state index is -0.914. The Balaban J connectivity index is 2.35. The van der Waals surface area contributed by atoms with E-state index in [1.54, 1.807) is 0 Å². The van der Waals surface area contributed by atoms with E-state index in [0.717, 1.165) is 22.2 Å². The molecule has 1 aromatic carbocycles. The maximum atomic E-state index is 10.7. The number of nitrogens with zero attached hydrogens (tertiary/aromatic N) is 1. The van der Waals surface area contributed by atoms with Gasteiger partial charge in [0.25, 0.3) is 0 Å². The van der Waals surface area contributed by atoms with E-state index < -0.39 is 5.97 Å². The molecule has 0 spiro atoms. The fourth-order valence-electron chi connectivity index (χ4n) is 2.21. The molecule has 4 nitrogen and oxygen atoms in total. The van der Waals surface area contributed by atoms with Crippen molar-refractivity contribution >= 4 is 16.9 Å². The number of allylic oxidation sites excluding steroid dienone is 1. The van der Waals surface area contributed by atoms with E-state index >= 15 is 0 Å². The van der Waals surface area contributed by atoms with Crippen molar-refractivity contribution in [1.29, 1.82) is 0 Å². The van der Waals surface area contributed by atoms with E-state index in [1.165, 1.54) is 6.08 Å². The first-order chi connectivity index (χ1) is 9.47. The molecule has 0 aliphatic carbocycles. The van der Waals surface area contributed by atoms with Crippen LogP contribution >= 0.6 is 0 Å². The van der Waals surface area contributed by atoms with Crippen molar-refractivity contribution in [3.8, 4) is 5.75 Å². The topological polar surface area (TPSA) is 51.5 Å². The summed E-state index contributed by atoms with van der Waals surface area (Å²) in [6.07, 6.45) is 3.31. The van der Waals surface area contributed by atoms with Crippen LogP contribution in [0.2, 0.25) is 0 Å². The molecule has 0 bridgehead atoms. The van der Waals surface area contributed by atoms with Crippen LogP contribution in [0.1, 0.15) is 20.8 Å². The molecular weight excluding hydrogens is 254 g/mol. The maximum Gasteiger partial charge on any atom is 0.328 e. The molecule has 0 amide bonds. The van der Waals surface area contributed by atoms with Crippen molar-refractivity contribution in [3.05, 3.63) is 42.1 Å². The highest BCUT2D eigenvalue weighted by atomic mass is 16.5. The van der Waals surface area contributed by atoms with Gasteiger partial charge in [0.15, 0.2) is 0 Å².